The molecule has 32 heavy (non-hydrogen) atoms. The quantitative estimate of drug-likeness (QED) is 0.275. The highest BCUT2D eigenvalue weighted by Gasteiger charge is 2.16. The molecule has 0 bridgehead atoms. The molecule has 162 valence electrons. The van der Waals surface area contributed by atoms with Gasteiger partial charge in [-0.1, -0.05) is 97.9 Å². The van der Waals surface area contributed by atoms with Crippen molar-refractivity contribution in [2.45, 2.75) is 33.2 Å². The lowest BCUT2D eigenvalue weighted by atomic mass is 10.1. The molecular weight excluding hydrogens is 396 g/mol. The summed E-state index contributed by atoms with van der Waals surface area (Å²) in [6.45, 7) is 3.50. The predicted molar refractivity (Wildman–Crippen MR) is 128 cm³/mol. The highest BCUT2D eigenvalue weighted by atomic mass is 16.5. The van der Waals surface area contributed by atoms with Gasteiger partial charge in [-0.15, -0.1) is 0 Å². The molecule has 0 saturated carbocycles. The summed E-state index contributed by atoms with van der Waals surface area (Å²) in [5.74, 6) is 2.04. The Labute approximate surface area is 190 Å². The van der Waals surface area contributed by atoms with Gasteiger partial charge in [0.25, 0.3) is 0 Å². The van der Waals surface area contributed by atoms with Crippen LogP contribution in [0.3, 0.4) is 0 Å². The molecule has 4 aromatic carbocycles. The lowest BCUT2D eigenvalue weighted by Gasteiger charge is -2.19. The summed E-state index contributed by atoms with van der Waals surface area (Å²) in [5.41, 5.74) is 4.45. The van der Waals surface area contributed by atoms with Gasteiger partial charge in [0.15, 0.2) is 11.5 Å². The molecule has 0 aromatic heterocycles. The van der Waals surface area contributed by atoms with Crippen molar-refractivity contribution in [1.82, 2.24) is 0 Å². The van der Waals surface area contributed by atoms with E-state index in [2.05, 4.69) is 55.5 Å². The SMILES string of the molecule is CCc1cc(OCc2ccccc2)c(OCc2ccccc2)c(OCc2ccccc2)c1. The van der Waals surface area contributed by atoms with Crippen molar-refractivity contribution < 1.29 is 14.2 Å². The van der Waals surface area contributed by atoms with Gasteiger partial charge in [-0.25, -0.2) is 0 Å². The molecule has 0 aliphatic heterocycles. The van der Waals surface area contributed by atoms with E-state index in [1.165, 1.54) is 0 Å². The number of hydrogen-bond donors (Lipinski definition) is 0. The Balaban J connectivity index is 1.61. The van der Waals surface area contributed by atoms with Gasteiger partial charge in [0.05, 0.1) is 0 Å². The number of aryl methyl sites for hydroxylation is 1. The summed E-state index contributed by atoms with van der Waals surface area (Å²) in [7, 11) is 0. The molecule has 0 saturated heterocycles. The maximum atomic E-state index is 6.28. The van der Waals surface area contributed by atoms with Crippen molar-refractivity contribution >= 4 is 0 Å². The number of rotatable bonds is 10. The van der Waals surface area contributed by atoms with Crippen LogP contribution in [0.5, 0.6) is 17.2 Å². The first-order valence-electron chi connectivity index (χ1n) is 11.0. The van der Waals surface area contributed by atoms with Crippen LogP contribution in [0.15, 0.2) is 103 Å². The average molecular weight is 425 g/mol. The average Bonchev–Trinajstić information content (AvgIpc) is 2.87. The molecule has 0 amide bonds. The standard InChI is InChI=1S/C29H28O3/c1-2-23-18-27(30-20-24-12-6-3-7-13-24)29(32-22-26-16-10-5-11-17-26)28(19-23)31-21-25-14-8-4-9-15-25/h3-19H,2,20-22H2,1H3. The normalized spacial score (nSPS) is 10.5. The van der Waals surface area contributed by atoms with Gasteiger partial charge >= 0.3 is 0 Å². The minimum Gasteiger partial charge on any atom is -0.485 e. The van der Waals surface area contributed by atoms with E-state index in [0.29, 0.717) is 37.1 Å². The summed E-state index contributed by atoms with van der Waals surface area (Å²) >= 11 is 0. The Kier molecular flexibility index (Phi) is 7.43. The Morgan fingerprint density at radius 2 is 0.844 bits per heavy atom. The third-order valence-electron chi connectivity index (χ3n) is 5.19. The van der Waals surface area contributed by atoms with Crippen LogP contribution < -0.4 is 14.2 Å². The molecule has 4 aromatic rings. The summed E-state index contributed by atoms with van der Waals surface area (Å²) in [6.07, 6.45) is 0.877. The molecule has 0 fully saturated rings. The maximum absolute atomic E-state index is 6.28. The Morgan fingerprint density at radius 1 is 0.469 bits per heavy atom. The zero-order chi connectivity index (χ0) is 22.0. The molecule has 0 aliphatic rings. The fourth-order valence-corrected chi connectivity index (χ4v) is 3.39. The molecule has 0 spiro atoms. The summed E-state index contributed by atoms with van der Waals surface area (Å²) in [5, 5.41) is 0. The van der Waals surface area contributed by atoms with Crippen molar-refractivity contribution in [1.29, 1.82) is 0 Å². The lowest BCUT2D eigenvalue weighted by molar-refractivity contribution is 0.229. The molecule has 4 rings (SSSR count). The zero-order valence-corrected chi connectivity index (χ0v) is 18.4. The van der Waals surface area contributed by atoms with Crippen molar-refractivity contribution in [3.05, 3.63) is 125 Å². The molecule has 0 heterocycles. The third-order valence-corrected chi connectivity index (χ3v) is 5.19. The summed E-state index contributed by atoms with van der Waals surface area (Å²) < 4.78 is 18.8. The number of benzene rings is 4. The largest absolute Gasteiger partial charge is 0.485 e. The minimum atomic E-state index is 0.440. The first kappa shape index (κ1) is 21.5. The van der Waals surface area contributed by atoms with Crippen LogP contribution in [-0.4, -0.2) is 0 Å². The van der Waals surface area contributed by atoms with Gasteiger partial charge in [-0.3, -0.25) is 0 Å². The van der Waals surface area contributed by atoms with E-state index >= 15 is 0 Å². The van der Waals surface area contributed by atoms with Crippen LogP contribution in [0.2, 0.25) is 0 Å². The van der Waals surface area contributed by atoms with Gasteiger partial charge in [0.1, 0.15) is 19.8 Å². The molecule has 0 atom stereocenters. The van der Waals surface area contributed by atoms with E-state index in [0.717, 1.165) is 28.7 Å². The predicted octanol–water partition coefficient (Wildman–Crippen LogP) is 6.99. The second kappa shape index (κ2) is 11.1. The first-order chi connectivity index (χ1) is 15.8. The fourth-order valence-electron chi connectivity index (χ4n) is 3.39. The van der Waals surface area contributed by atoms with E-state index < -0.39 is 0 Å². The highest BCUT2D eigenvalue weighted by Crippen LogP contribution is 2.40. The van der Waals surface area contributed by atoms with Crippen LogP contribution in [0.1, 0.15) is 29.2 Å². The number of ether oxygens (including phenoxy) is 3. The first-order valence-corrected chi connectivity index (χ1v) is 11.0. The van der Waals surface area contributed by atoms with Gasteiger partial charge in [0.2, 0.25) is 5.75 Å². The van der Waals surface area contributed by atoms with Crippen LogP contribution in [0.4, 0.5) is 0 Å². The van der Waals surface area contributed by atoms with E-state index in [9.17, 15) is 0 Å². The van der Waals surface area contributed by atoms with Crippen LogP contribution in [-0.2, 0) is 26.2 Å². The Bertz CT molecular complexity index is 1030. The molecule has 0 aliphatic carbocycles. The smallest absolute Gasteiger partial charge is 0.203 e. The molecule has 3 nitrogen and oxygen atoms in total. The second-order valence-electron chi connectivity index (χ2n) is 7.60. The lowest BCUT2D eigenvalue weighted by Crippen LogP contribution is -2.05. The minimum absolute atomic E-state index is 0.440. The van der Waals surface area contributed by atoms with Crippen molar-refractivity contribution in [3.8, 4) is 17.2 Å². The third kappa shape index (κ3) is 5.92. The molecule has 3 heteroatoms. The van der Waals surface area contributed by atoms with E-state index in [-0.39, 0.29) is 0 Å². The van der Waals surface area contributed by atoms with Gasteiger partial charge in [0, 0.05) is 0 Å². The van der Waals surface area contributed by atoms with Crippen molar-refractivity contribution in [3.63, 3.8) is 0 Å². The number of hydrogen-bond acceptors (Lipinski definition) is 3. The second-order valence-corrected chi connectivity index (χ2v) is 7.60. The zero-order valence-electron chi connectivity index (χ0n) is 18.4. The van der Waals surface area contributed by atoms with Crippen molar-refractivity contribution in [2.24, 2.45) is 0 Å². The van der Waals surface area contributed by atoms with Crippen LogP contribution >= 0.6 is 0 Å². The highest BCUT2D eigenvalue weighted by molar-refractivity contribution is 5.54. The van der Waals surface area contributed by atoms with E-state index in [1.807, 2.05) is 54.6 Å². The summed E-state index contributed by atoms with van der Waals surface area (Å²) in [4.78, 5) is 0. The summed E-state index contributed by atoms with van der Waals surface area (Å²) in [6, 6.07) is 34.5. The van der Waals surface area contributed by atoms with E-state index in [4.69, 9.17) is 14.2 Å². The van der Waals surface area contributed by atoms with E-state index in [1.54, 1.807) is 0 Å². The Morgan fingerprint density at radius 3 is 1.22 bits per heavy atom. The Hall–Kier alpha value is -3.72. The van der Waals surface area contributed by atoms with Crippen LogP contribution in [0.25, 0.3) is 0 Å². The monoisotopic (exact) mass is 424 g/mol. The fraction of sp³-hybridized carbons (Fsp3) is 0.172. The van der Waals surface area contributed by atoms with Gasteiger partial charge in [-0.05, 0) is 40.8 Å². The van der Waals surface area contributed by atoms with Gasteiger partial charge in [-0.2, -0.15) is 0 Å². The molecule has 0 unspecified atom stereocenters. The molecule has 0 radical (unpaired) electrons. The van der Waals surface area contributed by atoms with Crippen LogP contribution in [0, 0.1) is 0 Å². The molecular formula is C29H28O3. The maximum Gasteiger partial charge on any atom is 0.203 e. The van der Waals surface area contributed by atoms with Gasteiger partial charge < -0.3 is 14.2 Å². The molecule has 0 N–H and O–H groups in total. The van der Waals surface area contributed by atoms with Crippen molar-refractivity contribution in [2.75, 3.05) is 0 Å². The topological polar surface area (TPSA) is 27.7 Å².